The van der Waals surface area contributed by atoms with E-state index < -0.39 is 5.97 Å². The summed E-state index contributed by atoms with van der Waals surface area (Å²) < 4.78 is 0. The first-order valence-corrected chi connectivity index (χ1v) is 7.27. The van der Waals surface area contributed by atoms with E-state index in [1.807, 2.05) is 24.4 Å². The molecule has 0 saturated heterocycles. The van der Waals surface area contributed by atoms with E-state index in [0.29, 0.717) is 17.8 Å². The maximum atomic E-state index is 11.8. The minimum Gasteiger partial charge on any atom is -0.478 e. The molecule has 0 aliphatic carbocycles. The lowest BCUT2D eigenvalue weighted by Crippen LogP contribution is -2.28. The van der Waals surface area contributed by atoms with E-state index >= 15 is 0 Å². The van der Waals surface area contributed by atoms with Crippen LogP contribution in [-0.4, -0.2) is 17.1 Å². The minimum atomic E-state index is -1.00. The van der Waals surface area contributed by atoms with Gasteiger partial charge >= 0.3 is 12.0 Å². The second-order valence-electron chi connectivity index (χ2n) is 4.66. The maximum absolute atomic E-state index is 11.8. The van der Waals surface area contributed by atoms with Gasteiger partial charge in [0.2, 0.25) is 0 Å². The molecule has 2 rings (SSSR count). The van der Waals surface area contributed by atoms with E-state index in [1.54, 1.807) is 24.3 Å². The van der Waals surface area contributed by atoms with Gasteiger partial charge in [0, 0.05) is 10.6 Å². The maximum Gasteiger partial charge on any atom is 0.336 e. The van der Waals surface area contributed by atoms with Gasteiger partial charge in [-0.25, -0.2) is 9.59 Å². The molecule has 0 spiro atoms. The lowest BCUT2D eigenvalue weighted by Gasteiger charge is -2.11. The van der Waals surface area contributed by atoms with Crippen molar-refractivity contribution in [1.82, 2.24) is 5.32 Å². The summed E-state index contributed by atoms with van der Waals surface area (Å²) in [6.07, 6.45) is 0. The van der Waals surface area contributed by atoms with Gasteiger partial charge in [-0.1, -0.05) is 6.07 Å². The second-order valence-corrected chi connectivity index (χ2v) is 5.69. The van der Waals surface area contributed by atoms with Crippen LogP contribution >= 0.6 is 11.3 Å². The van der Waals surface area contributed by atoms with Crippen LogP contribution in [0.4, 0.5) is 10.5 Å². The summed E-state index contributed by atoms with van der Waals surface area (Å²) in [5.74, 6) is -1.00. The normalized spacial score (nSPS) is 10.2. The Morgan fingerprint density at radius 3 is 2.67 bits per heavy atom. The molecule has 0 bridgehead atoms. The molecular weight excluding hydrogens is 288 g/mol. The smallest absolute Gasteiger partial charge is 0.336 e. The van der Waals surface area contributed by atoms with Crippen LogP contribution in [0.5, 0.6) is 0 Å². The van der Waals surface area contributed by atoms with Crippen molar-refractivity contribution in [2.75, 3.05) is 5.32 Å². The van der Waals surface area contributed by atoms with E-state index in [1.165, 1.54) is 6.07 Å². The highest BCUT2D eigenvalue weighted by molar-refractivity contribution is 7.09. The van der Waals surface area contributed by atoms with Crippen LogP contribution in [0.1, 0.15) is 26.4 Å². The van der Waals surface area contributed by atoms with Crippen LogP contribution in [0.15, 0.2) is 29.6 Å². The minimum absolute atomic E-state index is 0.198. The van der Waals surface area contributed by atoms with Gasteiger partial charge in [-0.15, -0.1) is 11.3 Å². The molecule has 0 aliphatic rings. The van der Waals surface area contributed by atoms with Crippen LogP contribution in [-0.2, 0) is 6.54 Å². The Balaban J connectivity index is 2.05. The Labute approximate surface area is 126 Å². The number of urea groups is 1. The Hall–Kier alpha value is -2.34. The van der Waals surface area contributed by atoms with Gasteiger partial charge < -0.3 is 15.7 Å². The molecule has 3 N–H and O–H groups in total. The number of amides is 2. The highest BCUT2D eigenvalue weighted by Crippen LogP contribution is 2.20. The second kappa shape index (κ2) is 6.41. The molecule has 2 amide bonds. The van der Waals surface area contributed by atoms with Crippen LogP contribution < -0.4 is 10.6 Å². The van der Waals surface area contributed by atoms with E-state index in [-0.39, 0.29) is 11.6 Å². The Kier molecular flexibility index (Phi) is 4.59. The van der Waals surface area contributed by atoms with Crippen LogP contribution in [0.3, 0.4) is 0 Å². The third-order valence-electron chi connectivity index (χ3n) is 3.16. The quantitative estimate of drug-likeness (QED) is 0.810. The fourth-order valence-electron chi connectivity index (χ4n) is 1.91. The van der Waals surface area contributed by atoms with Gasteiger partial charge in [0.1, 0.15) is 0 Å². The van der Waals surface area contributed by atoms with Crippen molar-refractivity contribution in [1.29, 1.82) is 0 Å². The first kappa shape index (κ1) is 15.1. The van der Waals surface area contributed by atoms with Crippen molar-refractivity contribution in [3.05, 3.63) is 51.2 Å². The average molecular weight is 304 g/mol. The number of hydrogen-bond acceptors (Lipinski definition) is 3. The number of thiophene rings is 1. The number of rotatable bonds is 4. The SMILES string of the molecule is Cc1cc(NC(=O)NCc2cccs2)cc(C(=O)O)c1C. The van der Waals surface area contributed by atoms with Crippen LogP contribution in [0, 0.1) is 13.8 Å². The molecule has 110 valence electrons. The van der Waals surface area contributed by atoms with Crippen LogP contribution in [0.25, 0.3) is 0 Å². The monoisotopic (exact) mass is 304 g/mol. The van der Waals surface area contributed by atoms with Crippen molar-refractivity contribution in [2.45, 2.75) is 20.4 Å². The molecule has 1 aromatic carbocycles. The highest BCUT2D eigenvalue weighted by atomic mass is 32.1. The van der Waals surface area contributed by atoms with E-state index in [9.17, 15) is 9.59 Å². The van der Waals surface area contributed by atoms with Gasteiger partial charge in [0.05, 0.1) is 12.1 Å². The lowest BCUT2D eigenvalue weighted by atomic mass is 10.0. The molecule has 0 atom stereocenters. The molecule has 21 heavy (non-hydrogen) atoms. The highest BCUT2D eigenvalue weighted by Gasteiger charge is 2.12. The molecule has 6 heteroatoms. The number of carbonyl (C=O) groups excluding carboxylic acids is 1. The van der Waals surface area contributed by atoms with Crippen molar-refractivity contribution in [3.8, 4) is 0 Å². The van der Waals surface area contributed by atoms with Crippen molar-refractivity contribution in [2.24, 2.45) is 0 Å². The predicted molar refractivity (Wildman–Crippen MR) is 83.1 cm³/mol. The number of carboxylic acid groups (broad SMARTS) is 1. The molecule has 0 aliphatic heterocycles. The number of hydrogen-bond donors (Lipinski definition) is 3. The molecule has 0 fully saturated rings. The van der Waals surface area contributed by atoms with Gasteiger partial charge in [0.15, 0.2) is 0 Å². The zero-order valence-corrected chi connectivity index (χ0v) is 12.6. The van der Waals surface area contributed by atoms with Gasteiger partial charge in [-0.2, -0.15) is 0 Å². The Morgan fingerprint density at radius 1 is 1.29 bits per heavy atom. The van der Waals surface area contributed by atoms with Gasteiger partial charge in [0.25, 0.3) is 0 Å². The summed E-state index contributed by atoms with van der Waals surface area (Å²) >= 11 is 1.56. The Bertz CT molecular complexity index is 666. The summed E-state index contributed by atoms with van der Waals surface area (Å²) in [7, 11) is 0. The number of anilines is 1. The largest absolute Gasteiger partial charge is 0.478 e. The van der Waals surface area contributed by atoms with E-state index in [0.717, 1.165) is 10.4 Å². The van der Waals surface area contributed by atoms with Gasteiger partial charge in [-0.05, 0) is 48.6 Å². The zero-order chi connectivity index (χ0) is 15.4. The number of carbonyl (C=O) groups is 2. The van der Waals surface area contributed by atoms with Gasteiger partial charge in [-0.3, -0.25) is 0 Å². The third kappa shape index (κ3) is 3.82. The lowest BCUT2D eigenvalue weighted by molar-refractivity contribution is 0.0696. The molecule has 2 aromatic rings. The average Bonchev–Trinajstić information content (AvgIpc) is 2.93. The summed E-state index contributed by atoms with van der Waals surface area (Å²) in [5.41, 5.74) is 2.19. The Morgan fingerprint density at radius 2 is 2.05 bits per heavy atom. The predicted octanol–water partition coefficient (Wildman–Crippen LogP) is 3.38. The number of aromatic carboxylic acids is 1. The van der Waals surface area contributed by atoms with Crippen molar-refractivity contribution < 1.29 is 14.7 Å². The molecule has 0 radical (unpaired) electrons. The summed E-state index contributed by atoms with van der Waals surface area (Å²) in [4.78, 5) is 24.0. The number of nitrogens with one attached hydrogen (secondary N) is 2. The first-order valence-electron chi connectivity index (χ1n) is 6.39. The number of carboxylic acids is 1. The summed E-state index contributed by atoms with van der Waals surface area (Å²) in [6.45, 7) is 4.01. The number of benzene rings is 1. The molecule has 1 heterocycles. The fraction of sp³-hybridized carbons (Fsp3) is 0.200. The molecule has 1 aromatic heterocycles. The van der Waals surface area contributed by atoms with E-state index in [2.05, 4.69) is 10.6 Å². The fourth-order valence-corrected chi connectivity index (χ4v) is 2.55. The van der Waals surface area contributed by atoms with Crippen molar-refractivity contribution in [3.63, 3.8) is 0 Å². The van der Waals surface area contributed by atoms with Crippen molar-refractivity contribution >= 4 is 29.0 Å². The summed E-state index contributed by atoms with van der Waals surface area (Å²) in [5, 5.41) is 16.5. The first-order chi connectivity index (χ1) is 9.97. The molecule has 0 unspecified atom stereocenters. The molecule has 0 saturated carbocycles. The topological polar surface area (TPSA) is 78.4 Å². The summed E-state index contributed by atoms with van der Waals surface area (Å²) in [6, 6.07) is 6.72. The third-order valence-corrected chi connectivity index (χ3v) is 4.04. The van der Waals surface area contributed by atoms with Crippen LogP contribution in [0.2, 0.25) is 0 Å². The number of aryl methyl sites for hydroxylation is 1. The molecular formula is C15H16N2O3S. The standard InChI is InChI=1S/C15H16N2O3S/c1-9-6-11(7-13(10(9)2)14(18)19)17-15(20)16-8-12-4-3-5-21-12/h3-7H,8H2,1-2H3,(H,18,19)(H2,16,17,20). The molecule has 5 nitrogen and oxygen atoms in total. The van der Waals surface area contributed by atoms with E-state index in [4.69, 9.17) is 5.11 Å². The zero-order valence-electron chi connectivity index (χ0n) is 11.8.